The Hall–Kier alpha value is -0.120. The predicted octanol–water partition coefficient (Wildman–Crippen LogP) is 1.34. The summed E-state index contributed by atoms with van der Waals surface area (Å²) in [5, 5.41) is 3.36. The van der Waals surface area contributed by atoms with Gasteiger partial charge in [0.2, 0.25) is 0 Å². The maximum Gasteiger partial charge on any atom is 0.0593 e. The normalized spacial score (nSPS) is 21.8. The van der Waals surface area contributed by atoms with Crippen LogP contribution >= 0.6 is 0 Å². The molecular weight excluding hydrogens is 188 g/mol. The molecule has 0 saturated carbocycles. The zero-order chi connectivity index (χ0) is 11.1. The molecule has 1 aliphatic rings. The van der Waals surface area contributed by atoms with Crippen LogP contribution in [0.15, 0.2) is 0 Å². The fourth-order valence-corrected chi connectivity index (χ4v) is 2.25. The third-order valence-electron chi connectivity index (χ3n) is 3.55. The largest absolute Gasteiger partial charge is 0.380 e. The minimum atomic E-state index is 0.666. The van der Waals surface area contributed by atoms with E-state index < -0.39 is 0 Å². The summed E-state index contributed by atoms with van der Waals surface area (Å²) in [7, 11) is 2.06. The molecule has 1 atom stereocenters. The maximum atomic E-state index is 5.38. The molecule has 1 heterocycles. The lowest BCUT2D eigenvalue weighted by atomic mass is 9.90. The molecule has 0 bridgehead atoms. The number of hydrogen-bond donors (Lipinski definition) is 1. The Morgan fingerprint density at radius 3 is 2.60 bits per heavy atom. The zero-order valence-electron chi connectivity index (χ0n) is 10.5. The Morgan fingerprint density at radius 1 is 1.40 bits per heavy atom. The van der Waals surface area contributed by atoms with E-state index in [9.17, 15) is 0 Å². The van der Waals surface area contributed by atoms with E-state index in [4.69, 9.17) is 4.74 Å². The highest BCUT2D eigenvalue weighted by atomic mass is 16.5. The topological polar surface area (TPSA) is 24.5 Å². The van der Waals surface area contributed by atoms with Crippen LogP contribution in [0.5, 0.6) is 0 Å². The molecule has 0 spiro atoms. The van der Waals surface area contributed by atoms with Crippen LogP contribution < -0.4 is 5.32 Å². The molecule has 15 heavy (non-hydrogen) atoms. The summed E-state index contributed by atoms with van der Waals surface area (Å²) in [6, 6.07) is 0.666. The maximum absolute atomic E-state index is 5.38. The van der Waals surface area contributed by atoms with E-state index in [1.54, 1.807) is 0 Å². The van der Waals surface area contributed by atoms with Gasteiger partial charge < -0.3 is 15.0 Å². The van der Waals surface area contributed by atoms with Gasteiger partial charge in [-0.05, 0) is 52.7 Å². The second-order valence-electron chi connectivity index (χ2n) is 4.45. The van der Waals surface area contributed by atoms with Crippen molar-refractivity contribution in [3.8, 4) is 0 Å². The summed E-state index contributed by atoms with van der Waals surface area (Å²) in [5.41, 5.74) is 0. The Bertz CT molecular complexity index is 156. The first-order valence-corrected chi connectivity index (χ1v) is 6.25. The van der Waals surface area contributed by atoms with Crippen molar-refractivity contribution in [2.45, 2.75) is 32.7 Å². The molecule has 0 aromatic carbocycles. The molecule has 1 fully saturated rings. The SMILES string of the molecule is CCOCCN1CCC(C(C)NC)CC1. The Kier molecular flexibility index (Phi) is 6.22. The minimum absolute atomic E-state index is 0.666. The molecule has 1 unspecified atom stereocenters. The summed E-state index contributed by atoms with van der Waals surface area (Å²) in [4.78, 5) is 2.52. The van der Waals surface area contributed by atoms with E-state index in [0.29, 0.717) is 6.04 Å². The van der Waals surface area contributed by atoms with Crippen molar-refractivity contribution in [1.29, 1.82) is 0 Å². The van der Waals surface area contributed by atoms with Gasteiger partial charge in [0.1, 0.15) is 0 Å². The lowest BCUT2D eigenvalue weighted by Gasteiger charge is -2.34. The van der Waals surface area contributed by atoms with E-state index in [1.165, 1.54) is 25.9 Å². The van der Waals surface area contributed by atoms with E-state index >= 15 is 0 Å². The van der Waals surface area contributed by atoms with Gasteiger partial charge in [0.15, 0.2) is 0 Å². The van der Waals surface area contributed by atoms with E-state index in [2.05, 4.69) is 31.1 Å². The first kappa shape index (κ1) is 12.9. The standard InChI is InChI=1S/C12H26N2O/c1-4-15-10-9-14-7-5-12(6-8-14)11(2)13-3/h11-13H,4-10H2,1-3H3. The number of ether oxygens (including phenoxy) is 1. The summed E-state index contributed by atoms with van der Waals surface area (Å²) in [5.74, 6) is 0.860. The van der Waals surface area contributed by atoms with Gasteiger partial charge in [-0.3, -0.25) is 0 Å². The van der Waals surface area contributed by atoms with Gasteiger partial charge in [0.25, 0.3) is 0 Å². The molecule has 3 heteroatoms. The van der Waals surface area contributed by atoms with Crippen molar-refractivity contribution in [1.82, 2.24) is 10.2 Å². The smallest absolute Gasteiger partial charge is 0.0593 e. The fourth-order valence-electron chi connectivity index (χ4n) is 2.25. The van der Waals surface area contributed by atoms with Crippen molar-refractivity contribution in [2.24, 2.45) is 5.92 Å². The highest BCUT2D eigenvalue weighted by Crippen LogP contribution is 2.19. The van der Waals surface area contributed by atoms with Crippen LogP contribution in [0.25, 0.3) is 0 Å². The second kappa shape index (κ2) is 7.20. The monoisotopic (exact) mass is 214 g/mol. The quantitative estimate of drug-likeness (QED) is 0.675. The minimum Gasteiger partial charge on any atom is -0.380 e. The molecule has 1 rings (SSSR count). The molecule has 1 aliphatic heterocycles. The lowest BCUT2D eigenvalue weighted by molar-refractivity contribution is 0.0915. The van der Waals surface area contributed by atoms with Crippen molar-refractivity contribution in [3.05, 3.63) is 0 Å². The zero-order valence-corrected chi connectivity index (χ0v) is 10.5. The Balaban J connectivity index is 2.12. The highest BCUT2D eigenvalue weighted by molar-refractivity contribution is 4.78. The van der Waals surface area contributed by atoms with Crippen LogP contribution in [0.1, 0.15) is 26.7 Å². The summed E-state index contributed by atoms with van der Waals surface area (Å²) < 4.78 is 5.38. The Labute approximate surface area is 94.2 Å². The van der Waals surface area contributed by atoms with Gasteiger partial charge in [-0.25, -0.2) is 0 Å². The van der Waals surface area contributed by atoms with Crippen molar-refractivity contribution < 1.29 is 4.74 Å². The first-order valence-electron chi connectivity index (χ1n) is 6.25. The third kappa shape index (κ3) is 4.49. The van der Waals surface area contributed by atoms with E-state index in [1.807, 2.05) is 0 Å². The average Bonchev–Trinajstić information content (AvgIpc) is 2.29. The van der Waals surface area contributed by atoms with Gasteiger partial charge >= 0.3 is 0 Å². The molecule has 0 aromatic heterocycles. The number of piperidine rings is 1. The summed E-state index contributed by atoms with van der Waals surface area (Å²) in [6.45, 7) is 9.67. The molecule has 3 nitrogen and oxygen atoms in total. The van der Waals surface area contributed by atoms with Crippen LogP contribution in [0.4, 0.5) is 0 Å². The molecule has 90 valence electrons. The van der Waals surface area contributed by atoms with Crippen LogP contribution in [-0.2, 0) is 4.74 Å². The molecule has 0 aliphatic carbocycles. The molecule has 0 amide bonds. The number of likely N-dealkylation sites (tertiary alicyclic amines) is 1. The molecule has 0 radical (unpaired) electrons. The predicted molar refractivity (Wildman–Crippen MR) is 64.2 cm³/mol. The third-order valence-corrected chi connectivity index (χ3v) is 3.55. The van der Waals surface area contributed by atoms with Crippen LogP contribution in [0, 0.1) is 5.92 Å². The van der Waals surface area contributed by atoms with Gasteiger partial charge in [0.05, 0.1) is 6.61 Å². The van der Waals surface area contributed by atoms with Crippen molar-refractivity contribution in [2.75, 3.05) is 39.9 Å². The molecule has 0 aromatic rings. The summed E-state index contributed by atoms with van der Waals surface area (Å²) in [6.07, 6.45) is 2.66. The van der Waals surface area contributed by atoms with Crippen LogP contribution in [0.3, 0.4) is 0 Å². The van der Waals surface area contributed by atoms with Gasteiger partial charge in [-0.2, -0.15) is 0 Å². The molecule has 1 N–H and O–H groups in total. The van der Waals surface area contributed by atoms with E-state index in [0.717, 1.165) is 25.7 Å². The molecule has 1 saturated heterocycles. The van der Waals surface area contributed by atoms with Gasteiger partial charge in [-0.15, -0.1) is 0 Å². The average molecular weight is 214 g/mol. The lowest BCUT2D eigenvalue weighted by Crippen LogP contribution is -2.41. The molecular formula is C12H26N2O. The second-order valence-corrected chi connectivity index (χ2v) is 4.45. The van der Waals surface area contributed by atoms with Crippen molar-refractivity contribution >= 4 is 0 Å². The number of hydrogen-bond acceptors (Lipinski definition) is 3. The first-order chi connectivity index (χ1) is 7.27. The van der Waals surface area contributed by atoms with Gasteiger partial charge in [0, 0.05) is 19.2 Å². The van der Waals surface area contributed by atoms with E-state index in [-0.39, 0.29) is 0 Å². The fraction of sp³-hybridized carbons (Fsp3) is 1.00. The summed E-state index contributed by atoms with van der Waals surface area (Å²) >= 11 is 0. The number of nitrogens with one attached hydrogen (secondary N) is 1. The van der Waals surface area contributed by atoms with Crippen LogP contribution in [0.2, 0.25) is 0 Å². The highest BCUT2D eigenvalue weighted by Gasteiger charge is 2.22. The number of nitrogens with zero attached hydrogens (tertiary/aromatic N) is 1. The van der Waals surface area contributed by atoms with Crippen molar-refractivity contribution in [3.63, 3.8) is 0 Å². The Morgan fingerprint density at radius 2 is 2.07 bits per heavy atom. The van der Waals surface area contributed by atoms with Gasteiger partial charge in [-0.1, -0.05) is 0 Å². The number of rotatable bonds is 6. The van der Waals surface area contributed by atoms with Crippen LogP contribution in [-0.4, -0.2) is 50.8 Å².